The van der Waals surface area contributed by atoms with Crippen LogP contribution in [0.4, 0.5) is 13.9 Å². The highest BCUT2D eigenvalue weighted by Gasteiger charge is 2.12. The van der Waals surface area contributed by atoms with Gasteiger partial charge in [-0.1, -0.05) is 0 Å². The average Bonchev–Trinajstić information content (AvgIpc) is 3.13. The Balaban J connectivity index is 1.73. The number of nitrogens with zero attached hydrogens (tertiary/aromatic N) is 5. The molecule has 112 valence electrons. The number of benzene rings is 1. The second kappa shape index (κ2) is 5.93. The van der Waals surface area contributed by atoms with Crippen LogP contribution in [-0.2, 0) is 11.3 Å². The zero-order valence-corrected chi connectivity index (χ0v) is 11.7. The first kappa shape index (κ1) is 14.2. The van der Waals surface area contributed by atoms with Gasteiger partial charge >= 0.3 is 0 Å². The smallest absolute Gasteiger partial charge is 0.248 e. The summed E-state index contributed by atoms with van der Waals surface area (Å²) < 4.78 is 28.1. The fourth-order valence-corrected chi connectivity index (χ4v) is 2.43. The first-order chi connectivity index (χ1) is 10.6. The summed E-state index contributed by atoms with van der Waals surface area (Å²) in [6.45, 7) is -0.0732. The number of halogens is 2. The largest absolute Gasteiger partial charge is 0.300 e. The van der Waals surface area contributed by atoms with Gasteiger partial charge in [0.1, 0.15) is 24.5 Å². The molecule has 0 aliphatic heterocycles. The van der Waals surface area contributed by atoms with Gasteiger partial charge in [0, 0.05) is 10.9 Å². The lowest BCUT2D eigenvalue weighted by Crippen LogP contribution is -2.19. The Morgan fingerprint density at radius 1 is 1.36 bits per heavy atom. The molecule has 0 saturated carbocycles. The summed E-state index contributed by atoms with van der Waals surface area (Å²) in [4.78, 5) is 15.8. The highest BCUT2D eigenvalue weighted by Crippen LogP contribution is 2.27. The number of hydrogen-bond acceptors (Lipinski definition) is 6. The maximum atomic E-state index is 13.7. The number of rotatable bonds is 4. The fourth-order valence-electron chi connectivity index (χ4n) is 1.71. The zero-order chi connectivity index (χ0) is 15.5. The Morgan fingerprint density at radius 2 is 2.23 bits per heavy atom. The molecule has 2 aromatic heterocycles. The van der Waals surface area contributed by atoms with Crippen molar-refractivity contribution in [3.8, 4) is 11.3 Å². The summed E-state index contributed by atoms with van der Waals surface area (Å²) in [7, 11) is 0. The van der Waals surface area contributed by atoms with E-state index in [0.29, 0.717) is 0 Å². The van der Waals surface area contributed by atoms with E-state index in [1.54, 1.807) is 0 Å². The molecule has 2 heterocycles. The number of tetrazole rings is 1. The molecule has 7 nitrogen and oxygen atoms in total. The SMILES string of the molecule is O=C(Cn1cnnn1)Nc1nc(-c2cc(F)ccc2F)cs1. The van der Waals surface area contributed by atoms with Crippen molar-refractivity contribution in [3.05, 3.63) is 41.5 Å². The summed E-state index contributed by atoms with van der Waals surface area (Å²) in [6.07, 6.45) is 1.30. The number of amides is 1. The average molecular weight is 322 g/mol. The first-order valence-electron chi connectivity index (χ1n) is 6.03. The predicted molar refractivity (Wildman–Crippen MR) is 73.9 cm³/mol. The van der Waals surface area contributed by atoms with E-state index in [2.05, 4.69) is 25.8 Å². The lowest BCUT2D eigenvalue weighted by atomic mass is 10.1. The number of anilines is 1. The molecule has 0 aliphatic rings. The van der Waals surface area contributed by atoms with E-state index in [1.807, 2.05) is 0 Å². The van der Waals surface area contributed by atoms with Crippen molar-refractivity contribution in [3.63, 3.8) is 0 Å². The molecule has 0 spiro atoms. The van der Waals surface area contributed by atoms with Gasteiger partial charge in [-0.15, -0.1) is 16.4 Å². The maximum Gasteiger partial charge on any atom is 0.248 e. The standard InChI is InChI=1S/C12H8F2N6OS/c13-7-1-2-9(14)8(3-7)10-5-22-12(16-10)17-11(21)4-20-6-15-18-19-20/h1-3,5-6H,4H2,(H,16,17,21). The van der Waals surface area contributed by atoms with Gasteiger partial charge < -0.3 is 5.32 Å². The monoisotopic (exact) mass is 322 g/mol. The van der Waals surface area contributed by atoms with E-state index >= 15 is 0 Å². The Morgan fingerprint density at radius 3 is 3.00 bits per heavy atom. The van der Waals surface area contributed by atoms with Crippen LogP contribution < -0.4 is 5.32 Å². The number of carbonyl (C=O) groups excluding carboxylic acids is 1. The van der Waals surface area contributed by atoms with Crippen molar-refractivity contribution in [2.45, 2.75) is 6.54 Å². The first-order valence-corrected chi connectivity index (χ1v) is 6.91. The minimum absolute atomic E-state index is 0.0391. The normalized spacial score (nSPS) is 10.6. The van der Waals surface area contributed by atoms with Gasteiger partial charge in [-0.3, -0.25) is 4.79 Å². The van der Waals surface area contributed by atoms with Crippen LogP contribution in [0.25, 0.3) is 11.3 Å². The Kier molecular flexibility index (Phi) is 3.83. The van der Waals surface area contributed by atoms with Crippen molar-refractivity contribution < 1.29 is 13.6 Å². The molecule has 0 saturated heterocycles. The lowest BCUT2D eigenvalue weighted by molar-refractivity contribution is -0.116. The van der Waals surface area contributed by atoms with Gasteiger partial charge in [0.05, 0.1) is 5.69 Å². The molecule has 0 unspecified atom stereocenters. The van der Waals surface area contributed by atoms with Gasteiger partial charge in [0.2, 0.25) is 5.91 Å². The van der Waals surface area contributed by atoms with E-state index in [1.165, 1.54) is 16.4 Å². The van der Waals surface area contributed by atoms with Crippen molar-refractivity contribution in [1.29, 1.82) is 0 Å². The molecule has 0 radical (unpaired) electrons. The molecule has 22 heavy (non-hydrogen) atoms. The molecule has 0 fully saturated rings. The highest BCUT2D eigenvalue weighted by atomic mass is 32.1. The van der Waals surface area contributed by atoms with Gasteiger partial charge in [-0.2, -0.15) is 0 Å². The number of aromatic nitrogens is 5. The molecule has 1 amide bonds. The van der Waals surface area contributed by atoms with Crippen LogP contribution >= 0.6 is 11.3 Å². The van der Waals surface area contributed by atoms with Gasteiger partial charge in [0.15, 0.2) is 5.13 Å². The Hall–Kier alpha value is -2.75. The highest BCUT2D eigenvalue weighted by molar-refractivity contribution is 7.14. The number of nitrogens with one attached hydrogen (secondary N) is 1. The maximum absolute atomic E-state index is 13.7. The van der Waals surface area contributed by atoms with E-state index < -0.39 is 11.6 Å². The minimum Gasteiger partial charge on any atom is -0.300 e. The van der Waals surface area contributed by atoms with Crippen LogP contribution in [0.1, 0.15) is 0 Å². The van der Waals surface area contributed by atoms with Crippen LogP contribution in [0, 0.1) is 11.6 Å². The second-order valence-electron chi connectivity index (χ2n) is 4.22. The van der Waals surface area contributed by atoms with E-state index in [9.17, 15) is 13.6 Å². The van der Waals surface area contributed by atoms with Crippen LogP contribution in [-0.4, -0.2) is 31.1 Å². The number of hydrogen-bond donors (Lipinski definition) is 1. The van der Waals surface area contributed by atoms with Gasteiger partial charge in [-0.05, 0) is 28.6 Å². The summed E-state index contributed by atoms with van der Waals surface area (Å²) in [5.74, 6) is -1.53. The third-order valence-corrected chi connectivity index (χ3v) is 3.41. The van der Waals surface area contributed by atoms with Crippen molar-refractivity contribution in [2.75, 3.05) is 5.32 Å². The molecular weight excluding hydrogens is 314 g/mol. The summed E-state index contributed by atoms with van der Waals surface area (Å²) in [6, 6.07) is 3.11. The van der Waals surface area contributed by atoms with E-state index in [4.69, 9.17) is 0 Å². The molecular formula is C12H8F2N6OS. The Bertz CT molecular complexity index is 804. The van der Waals surface area contributed by atoms with Gasteiger partial charge in [-0.25, -0.2) is 18.4 Å². The zero-order valence-electron chi connectivity index (χ0n) is 10.9. The second-order valence-corrected chi connectivity index (χ2v) is 5.08. The lowest BCUT2D eigenvalue weighted by Gasteiger charge is -2.01. The van der Waals surface area contributed by atoms with Crippen LogP contribution in [0.5, 0.6) is 0 Å². The fraction of sp³-hybridized carbons (Fsp3) is 0.0833. The summed E-state index contributed by atoms with van der Waals surface area (Å²) in [5, 5.41) is 14.7. The topological polar surface area (TPSA) is 85.6 Å². The van der Waals surface area contributed by atoms with Crippen molar-refractivity contribution >= 4 is 22.4 Å². The molecule has 3 rings (SSSR count). The van der Waals surface area contributed by atoms with Crippen molar-refractivity contribution in [1.82, 2.24) is 25.2 Å². The van der Waals surface area contributed by atoms with Crippen LogP contribution in [0.3, 0.4) is 0 Å². The number of carbonyl (C=O) groups is 1. The molecule has 3 aromatic rings. The molecule has 0 bridgehead atoms. The molecule has 10 heteroatoms. The Labute approximate surface area is 126 Å². The van der Waals surface area contributed by atoms with Crippen molar-refractivity contribution in [2.24, 2.45) is 0 Å². The molecule has 0 atom stereocenters. The van der Waals surface area contributed by atoms with E-state index in [-0.39, 0.29) is 28.8 Å². The predicted octanol–water partition coefficient (Wildman–Crippen LogP) is 1.71. The molecule has 1 N–H and O–H groups in total. The summed E-state index contributed by atoms with van der Waals surface area (Å²) >= 11 is 1.11. The molecule has 0 aliphatic carbocycles. The quantitative estimate of drug-likeness (QED) is 0.790. The third-order valence-electron chi connectivity index (χ3n) is 2.65. The van der Waals surface area contributed by atoms with E-state index in [0.717, 1.165) is 29.5 Å². The van der Waals surface area contributed by atoms with Crippen LogP contribution in [0.2, 0.25) is 0 Å². The van der Waals surface area contributed by atoms with Crippen LogP contribution in [0.15, 0.2) is 29.9 Å². The minimum atomic E-state index is -0.585. The van der Waals surface area contributed by atoms with Gasteiger partial charge in [0.25, 0.3) is 0 Å². The summed E-state index contributed by atoms with van der Waals surface area (Å²) in [5.41, 5.74) is 0.289. The molecule has 1 aromatic carbocycles. The number of thiazole rings is 1. The third kappa shape index (κ3) is 3.11.